The molecule has 0 aromatic heterocycles. The first-order valence-electron chi connectivity index (χ1n) is 14.5. The van der Waals surface area contributed by atoms with Crippen molar-refractivity contribution in [2.75, 3.05) is 0 Å². The van der Waals surface area contributed by atoms with E-state index in [0.29, 0.717) is 0 Å². The molecule has 0 nitrogen and oxygen atoms in total. The van der Waals surface area contributed by atoms with Gasteiger partial charge >= 0.3 is 26.2 Å². The van der Waals surface area contributed by atoms with Crippen molar-refractivity contribution in [3.63, 3.8) is 0 Å². The van der Waals surface area contributed by atoms with Crippen LogP contribution in [0.4, 0.5) is 9.41 Å². The van der Waals surface area contributed by atoms with E-state index >= 15 is 0 Å². The maximum absolute atomic E-state index is 2.26. The van der Waals surface area contributed by atoms with Gasteiger partial charge in [0.1, 0.15) is 0 Å². The average Bonchev–Trinajstić information content (AvgIpc) is 3.83. The Hall–Kier alpha value is -2.90. The Bertz CT molecular complexity index is 1250. The molecule has 0 radical (unpaired) electrons. The van der Waals surface area contributed by atoms with Crippen molar-refractivity contribution in [2.24, 2.45) is 0 Å². The first-order chi connectivity index (χ1) is 18.9. The Labute approximate surface area is 263 Å². The van der Waals surface area contributed by atoms with E-state index in [1.165, 1.54) is 72.9 Å². The standard InChI is InChI=1S/2C10H13.2C9H7.2FH.Zr/c2*1-2-6-9(5-1)10-7-3-4-8-10;2*1-2-5-9-7-3-6-8(9)4-1;;;/h2*1-2,5-6,10H,3-4,7-8H2;2*1-7H;2*1H;/q4*-1;;;+4. The molecule has 0 aliphatic heterocycles. The summed E-state index contributed by atoms with van der Waals surface area (Å²) < 4.78 is 0. The first-order valence-corrected chi connectivity index (χ1v) is 14.5. The van der Waals surface area contributed by atoms with Crippen LogP contribution >= 0.6 is 0 Å². The fraction of sp³-hybridized carbons (Fsp3) is 0.263. The molecule has 6 aromatic rings. The predicted octanol–water partition coefficient (Wildman–Crippen LogP) is 11.5. The molecule has 0 heterocycles. The van der Waals surface area contributed by atoms with Crippen molar-refractivity contribution in [3.05, 3.63) is 145 Å². The molecule has 0 bridgehead atoms. The van der Waals surface area contributed by atoms with E-state index in [-0.39, 0.29) is 35.6 Å². The molecule has 2 saturated carbocycles. The summed E-state index contributed by atoms with van der Waals surface area (Å²) in [7, 11) is 0. The van der Waals surface area contributed by atoms with Gasteiger partial charge in [-0.25, -0.2) is 24.3 Å². The molecule has 212 valence electrons. The Morgan fingerprint density at radius 3 is 1.15 bits per heavy atom. The summed E-state index contributed by atoms with van der Waals surface area (Å²) in [5, 5.41) is 5.32. The van der Waals surface area contributed by atoms with Gasteiger partial charge in [-0.05, 0) is 0 Å². The van der Waals surface area contributed by atoms with E-state index in [9.17, 15) is 0 Å². The number of hydrogen-bond donors (Lipinski definition) is 0. The van der Waals surface area contributed by atoms with Crippen LogP contribution in [-0.2, 0) is 26.2 Å². The van der Waals surface area contributed by atoms with Crippen molar-refractivity contribution < 1.29 is 35.6 Å². The van der Waals surface area contributed by atoms with Gasteiger partial charge in [0.25, 0.3) is 0 Å². The molecular weight excluding hydrogens is 586 g/mol. The quantitative estimate of drug-likeness (QED) is 0.168. The second kappa shape index (κ2) is 18.5. The molecule has 0 saturated heterocycles. The van der Waals surface area contributed by atoms with E-state index in [1.807, 2.05) is 0 Å². The van der Waals surface area contributed by atoms with E-state index in [1.54, 1.807) is 11.1 Å². The SMILES string of the molecule is F.F.[Zr+4].c1cc[c-](C2CCCC2)c1.c1cc[c-](C2CCCC2)c1.c1ccc2[cH-]ccc2c1.c1ccc2[cH-]ccc2c1. The minimum Gasteiger partial charge on any atom is -0.269 e. The predicted molar refractivity (Wildman–Crippen MR) is 171 cm³/mol. The van der Waals surface area contributed by atoms with Crippen LogP contribution in [-0.4, -0.2) is 0 Å². The van der Waals surface area contributed by atoms with Crippen LogP contribution in [0.25, 0.3) is 21.5 Å². The summed E-state index contributed by atoms with van der Waals surface area (Å²) >= 11 is 0. The molecule has 0 unspecified atom stereocenters. The van der Waals surface area contributed by atoms with Crippen LogP contribution in [0.2, 0.25) is 0 Å². The molecule has 0 spiro atoms. The van der Waals surface area contributed by atoms with Gasteiger partial charge in [-0.1, -0.05) is 75.3 Å². The van der Waals surface area contributed by atoms with Gasteiger partial charge in [0.05, 0.1) is 0 Å². The van der Waals surface area contributed by atoms with E-state index in [0.717, 1.165) is 11.8 Å². The summed E-state index contributed by atoms with van der Waals surface area (Å²) in [6, 6.07) is 47.0. The number of hydrogen-bond acceptors (Lipinski definition) is 0. The fourth-order valence-corrected chi connectivity index (χ4v) is 5.98. The minimum absolute atomic E-state index is 0. The zero-order chi connectivity index (χ0) is 25.8. The minimum atomic E-state index is 0. The topological polar surface area (TPSA) is 0 Å². The number of rotatable bonds is 2. The molecule has 2 fully saturated rings. The van der Waals surface area contributed by atoms with Crippen LogP contribution in [0, 0.1) is 0 Å². The Morgan fingerprint density at radius 2 is 0.805 bits per heavy atom. The average molecular weight is 628 g/mol. The Balaban J connectivity index is 0.000000187. The van der Waals surface area contributed by atoms with Crippen molar-refractivity contribution in [1.82, 2.24) is 0 Å². The molecule has 0 N–H and O–H groups in total. The maximum atomic E-state index is 2.26. The van der Waals surface area contributed by atoms with Crippen LogP contribution in [0.15, 0.2) is 133 Å². The molecule has 6 aromatic carbocycles. The molecule has 0 atom stereocenters. The Morgan fingerprint density at radius 1 is 0.463 bits per heavy atom. The summed E-state index contributed by atoms with van der Waals surface area (Å²) in [5.41, 5.74) is 3.13. The molecular formula is C38H42F2Zr. The molecule has 2 aliphatic rings. The van der Waals surface area contributed by atoms with Crippen LogP contribution in [0.5, 0.6) is 0 Å². The summed E-state index contributed by atoms with van der Waals surface area (Å²) in [6.45, 7) is 0. The van der Waals surface area contributed by atoms with E-state index in [4.69, 9.17) is 0 Å². The molecule has 2 aliphatic carbocycles. The van der Waals surface area contributed by atoms with Crippen molar-refractivity contribution >= 4 is 21.5 Å². The molecule has 3 heteroatoms. The molecule has 41 heavy (non-hydrogen) atoms. The van der Waals surface area contributed by atoms with Crippen molar-refractivity contribution in [3.8, 4) is 0 Å². The van der Waals surface area contributed by atoms with Crippen LogP contribution in [0.1, 0.15) is 74.3 Å². The van der Waals surface area contributed by atoms with Gasteiger partial charge in [0.15, 0.2) is 0 Å². The summed E-state index contributed by atoms with van der Waals surface area (Å²) in [6.07, 6.45) is 11.4. The second-order valence-corrected chi connectivity index (χ2v) is 10.7. The third kappa shape index (κ3) is 10.2. The largest absolute Gasteiger partial charge is 4.00 e. The van der Waals surface area contributed by atoms with Crippen molar-refractivity contribution in [1.29, 1.82) is 0 Å². The number of halogens is 2. The van der Waals surface area contributed by atoms with E-state index < -0.39 is 0 Å². The molecule has 8 rings (SSSR count). The Kier molecular flexibility index (Phi) is 15.5. The zero-order valence-corrected chi connectivity index (χ0v) is 26.3. The van der Waals surface area contributed by atoms with E-state index in [2.05, 4.69) is 133 Å². The van der Waals surface area contributed by atoms with Gasteiger partial charge in [-0.3, -0.25) is 9.41 Å². The van der Waals surface area contributed by atoms with Gasteiger partial charge in [-0.15, -0.1) is 59.3 Å². The molecule has 0 amide bonds. The zero-order valence-electron chi connectivity index (χ0n) is 23.8. The monoisotopic (exact) mass is 626 g/mol. The number of fused-ring (bicyclic) bond motifs is 2. The summed E-state index contributed by atoms with van der Waals surface area (Å²) in [5.74, 6) is 1.80. The first kappa shape index (κ1) is 34.3. The normalized spacial score (nSPS) is 14.2. The van der Waals surface area contributed by atoms with Gasteiger partial charge in [-0.2, -0.15) is 70.4 Å². The van der Waals surface area contributed by atoms with Gasteiger partial charge in [0.2, 0.25) is 0 Å². The number of benzene rings is 2. The summed E-state index contributed by atoms with van der Waals surface area (Å²) in [4.78, 5) is 0. The second-order valence-electron chi connectivity index (χ2n) is 10.7. The third-order valence-electron chi connectivity index (χ3n) is 8.13. The van der Waals surface area contributed by atoms with Gasteiger partial charge < -0.3 is 0 Å². The van der Waals surface area contributed by atoms with Gasteiger partial charge in [0, 0.05) is 0 Å². The fourth-order valence-electron chi connectivity index (χ4n) is 5.98. The maximum Gasteiger partial charge on any atom is 4.00 e. The van der Waals surface area contributed by atoms with Crippen molar-refractivity contribution in [2.45, 2.75) is 63.2 Å². The van der Waals surface area contributed by atoms with Crippen LogP contribution < -0.4 is 0 Å². The van der Waals surface area contributed by atoms with Crippen LogP contribution in [0.3, 0.4) is 0 Å². The third-order valence-corrected chi connectivity index (χ3v) is 8.13. The smallest absolute Gasteiger partial charge is 0.269 e.